The summed E-state index contributed by atoms with van der Waals surface area (Å²) in [6.45, 7) is 0. The lowest BCUT2D eigenvalue weighted by Gasteiger charge is -2.03. The molecule has 2 aromatic rings. The molecule has 6 heteroatoms. The first-order valence-electron chi connectivity index (χ1n) is 4.20. The van der Waals surface area contributed by atoms with Crippen molar-refractivity contribution in [3.63, 3.8) is 0 Å². The predicted octanol–water partition coefficient (Wildman–Crippen LogP) is 2.42. The van der Waals surface area contributed by atoms with Gasteiger partial charge in [-0.05, 0) is 24.4 Å². The molecule has 0 unspecified atom stereocenters. The van der Waals surface area contributed by atoms with Crippen molar-refractivity contribution in [2.24, 2.45) is 0 Å². The predicted molar refractivity (Wildman–Crippen MR) is 56.9 cm³/mol. The van der Waals surface area contributed by atoms with E-state index in [0.717, 1.165) is 5.69 Å². The standard InChI is InChI=1S/C9H7FN4S/c10-7-12-8(14-9(15)13-7)11-6-4-2-1-3-5-6/h1-5H,(H2,11,12,13,14,15). The Hall–Kier alpha value is -1.82. The highest BCUT2D eigenvalue weighted by atomic mass is 32.1. The highest BCUT2D eigenvalue weighted by Gasteiger charge is 1.99. The van der Waals surface area contributed by atoms with Gasteiger partial charge in [0.05, 0.1) is 0 Å². The van der Waals surface area contributed by atoms with Gasteiger partial charge in [-0.3, -0.25) is 4.98 Å². The van der Waals surface area contributed by atoms with Gasteiger partial charge in [-0.2, -0.15) is 14.4 Å². The summed E-state index contributed by atoms with van der Waals surface area (Å²) in [6.07, 6.45) is -0.756. The minimum Gasteiger partial charge on any atom is -0.326 e. The zero-order valence-electron chi connectivity index (χ0n) is 7.57. The van der Waals surface area contributed by atoms with E-state index in [1.165, 1.54) is 0 Å². The van der Waals surface area contributed by atoms with Gasteiger partial charge in [-0.1, -0.05) is 18.2 Å². The minimum atomic E-state index is -0.756. The van der Waals surface area contributed by atoms with E-state index in [1.54, 1.807) is 0 Å². The molecule has 0 radical (unpaired) electrons. The van der Waals surface area contributed by atoms with Gasteiger partial charge >= 0.3 is 0 Å². The smallest absolute Gasteiger partial charge is 0.291 e. The SMILES string of the molecule is Fc1nc(=S)nc(Nc2ccccc2)[nH]1. The fraction of sp³-hybridized carbons (Fsp3) is 0. The number of anilines is 2. The number of para-hydroxylation sites is 1. The number of benzene rings is 1. The van der Waals surface area contributed by atoms with E-state index < -0.39 is 6.08 Å². The summed E-state index contributed by atoms with van der Waals surface area (Å²) in [5.74, 6) is 0.235. The van der Waals surface area contributed by atoms with Crippen LogP contribution in [0.4, 0.5) is 16.0 Å². The quantitative estimate of drug-likeness (QED) is 0.766. The number of aromatic amines is 1. The first-order chi connectivity index (χ1) is 7.24. The van der Waals surface area contributed by atoms with E-state index in [1.807, 2.05) is 30.3 Å². The topological polar surface area (TPSA) is 53.6 Å². The van der Waals surface area contributed by atoms with Crippen LogP contribution in [-0.4, -0.2) is 15.0 Å². The molecular formula is C9H7FN4S. The molecule has 0 saturated carbocycles. The molecule has 0 atom stereocenters. The lowest BCUT2D eigenvalue weighted by molar-refractivity contribution is 0.532. The van der Waals surface area contributed by atoms with Crippen molar-refractivity contribution >= 4 is 23.9 Å². The molecule has 0 amide bonds. The maximum Gasteiger partial charge on any atom is 0.291 e. The van der Waals surface area contributed by atoms with Crippen LogP contribution in [0.1, 0.15) is 0 Å². The maximum atomic E-state index is 12.8. The molecule has 1 heterocycles. The fourth-order valence-electron chi connectivity index (χ4n) is 1.08. The second-order valence-electron chi connectivity index (χ2n) is 2.76. The molecular weight excluding hydrogens is 215 g/mol. The Kier molecular flexibility index (Phi) is 2.68. The molecule has 0 aliphatic heterocycles. The van der Waals surface area contributed by atoms with Gasteiger partial charge in [0, 0.05) is 5.69 Å². The number of rotatable bonds is 2. The highest BCUT2D eigenvalue weighted by Crippen LogP contribution is 2.10. The summed E-state index contributed by atoms with van der Waals surface area (Å²) in [5.41, 5.74) is 0.793. The highest BCUT2D eigenvalue weighted by molar-refractivity contribution is 7.71. The molecule has 0 bridgehead atoms. The third-order valence-electron chi connectivity index (χ3n) is 1.66. The average Bonchev–Trinajstić information content (AvgIpc) is 2.17. The van der Waals surface area contributed by atoms with Gasteiger partial charge < -0.3 is 5.32 Å². The van der Waals surface area contributed by atoms with E-state index in [2.05, 4.69) is 32.5 Å². The summed E-state index contributed by atoms with van der Waals surface area (Å²) < 4.78 is 12.8. The van der Waals surface area contributed by atoms with Gasteiger partial charge in [0.2, 0.25) is 10.7 Å². The second kappa shape index (κ2) is 4.14. The van der Waals surface area contributed by atoms with Crippen molar-refractivity contribution in [1.29, 1.82) is 0 Å². The molecule has 0 saturated heterocycles. The average molecular weight is 222 g/mol. The molecule has 0 fully saturated rings. The third-order valence-corrected chi connectivity index (χ3v) is 1.84. The first kappa shape index (κ1) is 9.72. The Labute approximate surface area is 90.2 Å². The normalized spacial score (nSPS) is 9.93. The Morgan fingerprint density at radius 3 is 2.60 bits per heavy atom. The molecule has 1 aromatic heterocycles. The number of hydrogen-bond acceptors (Lipinski definition) is 4. The van der Waals surface area contributed by atoms with Gasteiger partial charge in [0.25, 0.3) is 6.08 Å². The van der Waals surface area contributed by atoms with Crippen LogP contribution in [0.25, 0.3) is 0 Å². The molecule has 76 valence electrons. The second-order valence-corrected chi connectivity index (χ2v) is 3.13. The van der Waals surface area contributed by atoms with Crippen molar-refractivity contribution in [1.82, 2.24) is 15.0 Å². The summed E-state index contributed by atoms with van der Waals surface area (Å²) in [6, 6.07) is 9.25. The lowest BCUT2D eigenvalue weighted by atomic mass is 10.3. The van der Waals surface area contributed by atoms with Crippen LogP contribution >= 0.6 is 12.2 Å². The first-order valence-corrected chi connectivity index (χ1v) is 4.61. The number of H-pyrrole nitrogens is 1. The van der Waals surface area contributed by atoms with Crippen molar-refractivity contribution in [3.05, 3.63) is 41.2 Å². The van der Waals surface area contributed by atoms with Gasteiger partial charge in [0.15, 0.2) is 0 Å². The van der Waals surface area contributed by atoms with Crippen LogP contribution in [-0.2, 0) is 0 Å². The number of halogens is 1. The lowest BCUT2D eigenvalue weighted by Crippen LogP contribution is -2.01. The molecule has 0 aliphatic rings. The molecule has 0 spiro atoms. The number of nitrogens with one attached hydrogen (secondary N) is 2. The monoisotopic (exact) mass is 222 g/mol. The number of nitrogens with zero attached hydrogens (tertiary/aromatic N) is 2. The van der Waals surface area contributed by atoms with Gasteiger partial charge in [-0.15, -0.1) is 0 Å². The van der Waals surface area contributed by atoms with Crippen LogP contribution < -0.4 is 5.32 Å². The van der Waals surface area contributed by atoms with Crippen molar-refractivity contribution in [3.8, 4) is 0 Å². The zero-order chi connectivity index (χ0) is 10.7. The van der Waals surface area contributed by atoms with Crippen LogP contribution in [0.15, 0.2) is 30.3 Å². The molecule has 0 aliphatic carbocycles. The van der Waals surface area contributed by atoms with Crippen molar-refractivity contribution in [2.45, 2.75) is 0 Å². The van der Waals surface area contributed by atoms with E-state index >= 15 is 0 Å². The minimum absolute atomic E-state index is 0.0373. The molecule has 15 heavy (non-hydrogen) atoms. The molecule has 1 aromatic carbocycles. The Morgan fingerprint density at radius 2 is 1.93 bits per heavy atom. The number of hydrogen-bond donors (Lipinski definition) is 2. The summed E-state index contributed by atoms with van der Waals surface area (Å²) in [4.78, 5) is 9.47. The maximum absolute atomic E-state index is 12.8. The van der Waals surface area contributed by atoms with Gasteiger partial charge in [0.1, 0.15) is 0 Å². The van der Waals surface area contributed by atoms with Crippen LogP contribution in [0.5, 0.6) is 0 Å². The van der Waals surface area contributed by atoms with Crippen LogP contribution in [0, 0.1) is 10.8 Å². The van der Waals surface area contributed by atoms with Gasteiger partial charge in [-0.25, -0.2) is 0 Å². The summed E-state index contributed by atoms with van der Waals surface area (Å²) >= 11 is 4.68. The fourth-order valence-corrected chi connectivity index (χ4v) is 1.25. The molecule has 4 nitrogen and oxygen atoms in total. The van der Waals surface area contributed by atoms with Crippen LogP contribution in [0.3, 0.4) is 0 Å². The zero-order valence-corrected chi connectivity index (χ0v) is 8.38. The van der Waals surface area contributed by atoms with E-state index in [0.29, 0.717) is 0 Å². The van der Waals surface area contributed by atoms with E-state index in [-0.39, 0.29) is 10.7 Å². The van der Waals surface area contributed by atoms with E-state index in [9.17, 15) is 4.39 Å². The summed E-state index contributed by atoms with van der Waals surface area (Å²) in [5, 5.41) is 2.87. The van der Waals surface area contributed by atoms with Crippen molar-refractivity contribution < 1.29 is 4.39 Å². The number of aromatic nitrogens is 3. The van der Waals surface area contributed by atoms with E-state index in [4.69, 9.17) is 0 Å². The Morgan fingerprint density at radius 1 is 1.20 bits per heavy atom. The summed E-state index contributed by atoms with van der Waals surface area (Å²) in [7, 11) is 0. The Balaban J connectivity index is 2.29. The largest absolute Gasteiger partial charge is 0.326 e. The molecule has 2 N–H and O–H groups in total. The Bertz CT molecular complexity index is 511. The van der Waals surface area contributed by atoms with Crippen LogP contribution in [0.2, 0.25) is 0 Å². The molecule has 2 rings (SSSR count). The third kappa shape index (κ3) is 2.57. The van der Waals surface area contributed by atoms with Crippen molar-refractivity contribution in [2.75, 3.05) is 5.32 Å².